The molecule has 84 valence electrons. The highest BCUT2D eigenvalue weighted by molar-refractivity contribution is 5.83. The van der Waals surface area contributed by atoms with Crippen molar-refractivity contribution in [2.45, 2.75) is 0 Å². The Morgan fingerprint density at radius 3 is 2.71 bits per heavy atom. The molecule has 1 heterocycles. The van der Waals surface area contributed by atoms with Crippen molar-refractivity contribution in [3.8, 4) is 0 Å². The summed E-state index contributed by atoms with van der Waals surface area (Å²) in [4.78, 5) is 3.13. The molecule has 0 amide bonds. The van der Waals surface area contributed by atoms with Gasteiger partial charge in [-0.25, -0.2) is 4.39 Å². The number of benzene rings is 2. The first-order valence-electron chi connectivity index (χ1n) is 5.41. The van der Waals surface area contributed by atoms with E-state index in [1.54, 1.807) is 6.07 Å². The molecule has 0 aliphatic heterocycles. The van der Waals surface area contributed by atoms with Crippen LogP contribution >= 0.6 is 0 Å². The molecule has 2 nitrogen and oxygen atoms in total. The summed E-state index contributed by atoms with van der Waals surface area (Å²) in [5.74, 6) is -0.238. The second kappa shape index (κ2) is 3.94. The van der Waals surface area contributed by atoms with Crippen molar-refractivity contribution in [1.82, 2.24) is 4.98 Å². The number of aromatic nitrogens is 1. The van der Waals surface area contributed by atoms with Gasteiger partial charge in [0.15, 0.2) is 0 Å². The first kappa shape index (κ1) is 9.90. The lowest BCUT2D eigenvalue weighted by Gasteiger charge is -2.06. The molecule has 0 saturated carbocycles. The number of fused-ring (bicyclic) bond motifs is 1. The van der Waals surface area contributed by atoms with Gasteiger partial charge in [-0.1, -0.05) is 6.07 Å². The molecule has 0 bridgehead atoms. The van der Waals surface area contributed by atoms with Crippen LogP contribution in [0, 0.1) is 5.82 Å². The van der Waals surface area contributed by atoms with Gasteiger partial charge in [0.05, 0.1) is 0 Å². The Labute approximate surface area is 98.1 Å². The molecule has 0 fully saturated rings. The number of nitrogens with one attached hydrogen (secondary N) is 2. The van der Waals surface area contributed by atoms with Gasteiger partial charge in [-0.3, -0.25) is 0 Å². The highest BCUT2D eigenvalue weighted by atomic mass is 19.1. The standard InChI is InChI=1S/C14H11FN2/c15-11-2-1-3-12(9-11)17-13-4-5-14-10(8-13)6-7-16-14/h1-9,16-17H. The Balaban J connectivity index is 1.94. The van der Waals surface area contributed by atoms with Crippen molar-refractivity contribution >= 4 is 22.3 Å². The minimum atomic E-state index is -0.238. The van der Waals surface area contributed by atoms with Gasteiger partial charge in [0.1, 0.15) is 5.82 Å². The maximum absolute atomic E-state index is 13.0. The van der Waals surface area contributed by atoms with Crippen LogP contribution in [0.1, 0.15) is 0 Å². The lowest BCUT2D eigenvalue weighted by atomic mass is 10.2. The van der Waals surface area contributed by atoms with Gasteiger partial charge in [-0.05, 0) is 42.5 Å². The number of hydrogen-bond acceptors (Lipinski definition) is 1. The van der Waals surface area contributed by atoms with E-state index in [-0.39, 0.29) is 5.82 Å². The zero-order valence-electron chi connectivity index (χ0n) is 9.07. The molecule has 0 saturated heterocycles. The number of aromatic amines is 1. The average molecular weight is 226 g/mol. The molecular weight excluding hydrogens is 215 g/mol. The van der Waals surface area contributed by atoms with Crippen LogP contribution in [-0.4, -0.2) is 4.98 Å². The zero-order valence-corrected chi connectivity index (χ0v) is 9.07. The summed E-state index contributed by atoms with van der Waals surface area (Å²) in [6.45, 7) is 0. The van der Waals surface area contributed by atoms with Gasteiger partial charge in [-0.15, -0.1) is 0 Å². The minimum Gasteiger partial charge on any atom is -0.361 e. The highest BCUT2D eigenvalue weighted by Gasteiger charge is 1.98. The molecule has 1 aromatic heterocycles. The maximum Gasteiger partial charge on any atom is 0.125 e. The Morgan fingerprint density at radius 2 is 1.82 bits per heavy atom. The van der Waals surface area contributed by atoms with Gasteiger partial charge in [0.25, 0.3) is 0 Å². The smallest absolute Gasteiger partial charge is 0.125 e. The monoisotopic (exact) mass is 226 g/mol. The van der Waals surface area contributed by atoms with E-state index < -0.39 is 0 Å². The molecular formula is C14H11FN2. The van der Waals surface area contributed by atoms with E-state index in [0.29, 0.717) is 0 Å². The lowest BCUT2D eigenvalue weighted by Crippen LogP contribution is -1.90. The van der Waals surface area contributed by atoms with E-state index in [4.69, 9.17) is 0 Å². The maximum atomic E-state index is 13.0. The summed E-state index contributed by atoms with van der Waals surface area (Å²) in [6.07, 6.45) is 1.90. The summed E-state index contributed by atoms with van der Waals surface area (Å²) in [6, 6.07) is 14.4. The third kappa shape index (κ3) is 1.99. The van der Waals surface area contributed by atoms with Crippen LogP contribution in [0.3, 0.4) is 0 Å². The van der Waals surface area contributed by atoms with E-state index in [1.165, 1.54) is 12.1 Å². The normalized spacial score (nSPS) is 10.6. The van der Waals surface area contributed by atoms with E-state index in [9.17, 15) is 4.39 Å². The van der Waals surface area contributed by atoms with Crippen molar-refractivity contribution in [2.24, 2.45) is 0 Å². The summed E-state index contributed by atoms with van der Waals surface area (Å²) >= 11 is 0. The molecule has 2 aromatic carbocycles. The number of halogens is 1. The Morgan fingerprint density at radius 1 is 0.941 bits per heavy atom. The van der Waals surface area contributed by atoms with Crippen molar-refractivity contribution in [1.29, 1.82) is 0 Å². The molecule has 2 N–H and O–H groups in total. The SMILES string of the molecule is Fc1cccc(Nc2ccc3[nH]ccc3c2)c1. The molecule has 0 aliphatic rings. The van der Waals surface area contributed by atoms with E-state index in [2.05, 4.69) is 10.3 Å². The van der Waals surface area contributed by atoms with Gasteiger partial charge in [0.2, 0.25) is 0 Å². The third-order valence-corrected chi connectivity index (χ3v) is 2.67. The second-order valence-corrected chi connectivity index (χ2v) is 3.92. The first-order chi connectivity index (χ1) is 8.31. The van der Waals surface area contributed by atoms with Crippen LogP contribution < -0.4 is 5.32 Å². The molecule has 0 atom stereocenters. The molecule has 3 heteroatoms. The van der Waals surface area contributed by atoms with Crippen LogP contribution in [0.4, 0.5) is 15.8 Å². The van der Waals surface area contributed by atoms with Gasteiger partial charge < -0.3 is 10.3 Å². The predicted molar refractivity (Wildman–Crippen MR) is 68.0 cm³/mol. The molecule has 17 heavy (non-hydrogen) atoms. The fourth-order valence-corrected chi connectivity index (χ4v) is 1.86. The number of rotatable bonds is 2. The number of anilines is 2. The van der Waals surface area contributed by atoms with Crippen LogP contribution in [-0.2, 0) is 0 Å². The quantitative estimate of drug-likeness (QED) is 0.677. The molecule has 0 spiro atoms. The highest BCUT2D eigenvalue weighted by Crippen LogP contribution is 2.21. The average Bonchev–Trinajstić information content (AvgIpc) is 2.76. The minimum absolute atomic E-state index is 0.238. The summed E-state index contributed by atoms with van der Waals surface area (Å²) in [5, 5.41) is 4.30. The van der Waals surface area contributed by atoms with Gasteiger partial charge >= 0.3 is 0 Å². The predicted octanol–water partition coefficient (Wildman–Crippen LogP) is 4.05. The topological polar surface area (TPSA) is 27.8 Å². The largest absolute Gasteiger partial charge is 0.361 e. The first-order valence-corrected chi connectivity index (χ1v) is 5.41. The second-order valence-electron chi connectivity index (χ2n) is 3.92. The zero-order chi connectivity index (χ0) is 11.7. The fraction of sp³-hybridized carbons (Fsp3) is 0. The number of H-pyrrole nitrogens is 1. The lowest BCUT2D eigenvalue weighted by molar-refractivity contribution is 0.628. The van der Waals surface area contributed by atoms with Crippen molar-refractivity contribution < 1.29 is 4.39 Å². The van der Waals surface area contributed by atoms with Crippen LogP contribution in [0.25, 0.3) is 10.9 Å². The summed E-state index contributed by atoms with van der Waals surface area (Å²) in [7, 11) is 0. The molecule has 3 aromatic rings. The number of hydrogen-bond donors (Lipinski definition) is 2. The molecule has 0 aliphatic carbocycles. The van der Waals surface area contributed by atoms with Gasteiger partial charge in [-0.2, -0.15) is 0 Å². The van der Waals surface area contributed by atoms with Crippen LogP contribution in [0.15, 0.2) is 54.7 Å². The Bertz CT molecular complexity index is 658. The van der Waals surface area contributed by atoms with Gasteiger partial charge in [0, 0.05) is 28.5 Å². The Kier molecular flexibility index (Phi) is 2.29. The van der Waals surface area contributed by atoms with E-state index in [0.717, 1.165) is 22.3 Å². The van der Waals surface area contributed by atoms with Crippen LogP contribution in [0.5, 0.6) is 0 Å². The fourth-order valence-electron chi connectivity index (χ4n) is 1.86. The Hall–Kier alpha value is -2.29. The van der Waals surface area contributed by atoms with E-state index in [1.807, 2.05) is 36.5 Å². The summed E-state index contributed by atoms with van der Waals surface area (Å²) < 4.78 is 13.0. The molecule has 0 unspecified atom stereocenters. The molecule has 3 rings (SSSR count). The molecule has 0 radical (unpaired) electrons. The van der Waals surface area contributed by atoms with Crippen molar-refractivity contribution in [3.63, 3.8) is 0 Å². The summed E-state index contributed by atoms with van der Waals surface area (Å²) in [5.41, 5.74) is 2.79. The van der Waals surface area contributed by atoms with Crippen molar-refractivity contribution in [3.05, 3.63) is 60.5 Å². The van der Waals surface area contributed by atoms with Crippen LogP contribution in [0.2, 0.25) is 0 Å². The van der Waals surface area contributed by atoms with Crippen molar-refractivity contribution in [2.75, 3.05) is 5.32 Å². The third-order valence-electron chi connectivity index (χ3n) is 2.67. The van der Waals surface area contributed by atoms with E-state index >= 15 is 0 Å².